The first kappa shape index (κ1) is 20.3. The van der Waals surface area contributed by atoms with E-state index in [2.05, 4.69) is 33.1 Å². The van der Waals surface area contributed by atoms with Crippen molar-refractivity contribution < 1.29 is 19.1 Å². The van der Waals surface area contributed by atoms with Crippen LogP contribution in [0, 0.1) is 40.9 Å². The Balaban J connectivity index is 0.914. The van der Waals surface area contributed by atoms with Gasteiger partial charge in [0.25, 0.3) is 11.8 Å². The molecule has 0 radical (unpaired) electrons. The second-order valence-electron chi connectivity index (χ2n) is 11.5. The van der Waals surface area contributed by atoms with Crippen LogP contribution in [0.15, 0.2) is 36.5 Å². The largest absolute Gasteiger partial charge is 0.426 e. The van der Waals surface area contributed by atoms with E-state index in [0.29, 0.717) is 34.6 Å². The van der Waals surface area contributed by atoms with Crippen LogP contribution in [-0.2, 0) is 17.8 Å². The summed E-state index contributed by atoms with van der Waals surface area (Å²) in [5.74, 6) is 4.45. The van der Waals surface area contributed by atoms with Crippen LogP contribution in [0.5, 0.6) is 5.75 Å². The van der Waals surface area contributed by atoms with Gasteiger partial charge in [-0.25, -0.2) is 9.50 Å². The van der Waals surface area contributed by atoms with Crippen molar-refractivity contribution in [3.63, 3.8) is 0 Å². The van der Waals surface area contributed by atoms with Gasteiger partial charge in [0, 0.05) is 36.3 Å². The Morgan fingerprint density at radius 3 is 2.59 bits per heavy atom. The van der Waals surface area contributed by atoms with Crippen LogP contribution in [0.2, 0.25) is 0 Å². The number of carbonyl (C=O) groups excluding carboxylic acids is 3. The zero-order valence-electron chi connectivity index (χ0n) is 20.0. The highest BCUT2D eigenvalue weighted by Gasteiger charge is 3.09. The van der Waals surface area contributed by atoms with Crippen molar-refractivity contribution in [1.82, 2.24) is 30.5 Å². The lowest BCUT2D eigenvalue weighted by atomic mass is 8.94. The molecule has 10 nitrogen and oxygen atoms in total. The summed E-state index contributed by atoms with van der Waals surface area (Å²) in [5, 5.41) is 13.9. The van der Waals surface area contributed by atoms with Gasteiger partial charge in [0.1, 0.15) is 17.1 Å². The monoisotopic (exact) mass is 496 g/mol. The number of carbonyl (C=O) groups is 3. The molecule has 37 heavy (non-hydrogen) atoms. The number of esters is 1. The maximum absolute atomic E-state index is 13.3. The van der Waals surface area contributed by atoms with Crippen molar-refractivity contribution in [3.8, 4) is 5.75 Å². The number of ether oxygens (including phenoxy) is 1. The summed E-state index contributed by atoms with van der Waals surface area (Å²) in [6, 6.07) is 8.60. The van der Waals surface area contributed by atoms with Gasteiger partial charge in [-0.1, -0.05) is 6.07 Å². The first-order valence-electron chi connectivity index (χ1n) is 12.9. The van der Waals surface area contributed by atoms with Gasteiger partial charge >= 0.3 is 5.97 Å². The minimum absolute atomic E-state index is 0.158. The molecule has 6 fully saturated rings. The Kier molecular flexibility index (Phi) is 3.39. The number of nitrogens with zero attached hydrogens (tertiary/aromatic N) is 3. The fourth-order valence-electron chi connectivity index (χ4n) is 9.69. The summed E-state index contributed by atoms with van der Waals surface area (Å²) in [6.45, 7) is 0.963. The van der Waals surface area contributed by atoms with Gasteiger partial charge in [0.2, 0.25) is 0 Å². The number of rotatable bonds is 7. The average molecular weight is 497 g/mol. The quantitative estimate of drug-likeness (QED) is 0.322. The van der Waals surface area contributed by atoms with Gasteiger partial charge in [-0.2, -0.15) is 5.10 Å². The summed E-state index contributed by atoms with van der Waals surface area (Å²) in [5.41, 5.74) is 3.33. The van der Waals surface area contributed by atoms with E-state index in [1.165, 1.54) is 10.6 Å². The van der Waals surface area contributed by atoms with Crippen molar-refractivity contribution >= 4 is 23.4 Å². The molecule has 0 unspecified atom stereocenters. The Labute approximate surface area is 211 Å². The molecular formula is C27H24N6O4. The third kappa shape index (κ3) is 2.00. The Hall–Kier alpha value is -3.79. The molecule has 0 bridgehead atoms. The summed E-state index contributed by atoms with van der Waals surface area (Å²) in [7, 11) is 2.10. The minimum Gasteiger partial charge on any atom is -0.426 e. The Morgan fingerprint density at radius 1 is 1.05 bits per heavy atom. The second kappa shape index (κ2) is 6.19. The summed E-state index contributed by atoms with van der Waals surface area (Å²) >= 11 is 0. The zero-order valence-corrected chi connectivity index (χ0v) is 20.0. The second-order valence-corrected chi connectivity index (χ2v) is 11.5. The smallest absolute Gasteiger partial charge is 0.315 e. The van der Waals surface area contributed by atoms with Gasteiger partial charge in [0.15, 0.2) is 5.65 Å². The fourth-order valence-corrected chi connectivity index (χ4v) is 9.69. The average Bonchev–Trinajstić information content (AvgIpc) is 3.54. The molecule has 3 aromatic rings. The van der Waals surface area contributed by atoms with E-state index in [1.807, 2.05) is 12.1 Å². The number of amides is 2. The maximum Gasteiger partial charge on any atom is 0.315 e. The van der Waals surface area contributed by atoms with Gasteiger partial charge in [-0.3, -0.25) is 14.4 Å². The Bertz CT molecular complexity index is 1560. The molecule has 2 amide bonds. The maximum atomic E-state index is 13.3. The van der Waals surface area contributed by atoms with Crippen LogP contribution in [-0.4, -0.2) is 51.5 Å². The van der Waals surface area contributed by atoms with E-state index < -0.39 is 0 Å². The fraction of sp³-hybridized carbons (Fsp3) is 0.444. The molecule has 7 aliphatic rings. The van der Waals surface area contributed by atoms with E-state index in [0.717, 1.165) is 46.6 Å². The first-order valence-corrected chi connectivity index (χ1v) is 12.9. The third-order valence-corrected chi connectivity index (χ3v) is 10.8. The van der Waals surface area contributed by atoms with Gasteiger partial charge < -0.3 is 20.7 Å². The van der Waals surface area contributed by atoms with Crippen molar-refractivity contribution in [1.29, 1.82) is 0 Å². The molecule has 6 saturated carbocycles. The molecule has 0 saturated heterocycles. The van der Waals surface area contributed by atoms with Crippen LogP contribution in [0.4, 0.5) is 0 Å². The molecule has 3 N–H and O–H groups in total. The van der Waals surface area contributed by atoms with E-state index in [4.69, 9.17) is 4.74 Å². The highest BCUT2D eigenvalue weighted by atomic mass is 16.5. The predicted molar refractivity (Wildman–Crippen MR) is 127 cm³/mol. The van der Waals surface area contributed by atoms with Crippen molar-refractivity contribution in [2.24, 2.45) is 40.9 Å². The molecule has 10 heteroatoms. The summed E-state index contributed by atoms with van der Waals surface area (Å²) in [4.78, 5) is 42.2. The lowest BCUT2D eigenvalue weighted by molar-refractivity contribution is -0.623. The molecule has 6 aliphatic carbocycles. The molecule has 1 aliphatic heterocycles. The van der Waals surface area contributed by atoms with E-state index >= 15 is 0 Å². The van der Waals surface area contributed by atoms with Gasteiger partial charge in [-0.15, -0.1) is 0 Å². The molecule has 10 rings (SSSR count). The molecular weight excluding hydrogens is 472 g/mol. The number of aromatic nitrogens is 3. The standard InChI is InChI=1S/C27H24N6O4/c1-28-27-21-18-22(27)20-23(27)19(21)26(18,20)10-30-25(36)14-8-13(32-16-4-5-31-33(14)16)24(35)29-9-11-2-3-15-12(6-11)7-17(34)37-15/h2-6,8,18-23,28H,7,9-10H2,1H3,(H,29,35)(H,30,36). The van der Waals surface area contributed by atoms with Crippen LogP contribution in [0.3, 0.4) is 0 Å². The van der Waals surface area contributed by atoms with Crippen molar-refractivity contribution in [2.45, 2.75) is 18.5 Å². The highest BCUT2D eigenvalue weighted by Crippen LogP contribution is 3.06. The highest BCUT2D eigenvalue weighted by molar-refractivity contribution is 5.98. The summed E-state index contributed by atoms with van der Waals surface area (Å²) < 4.78 is 6.61. The molecule has 0 atom stereocenters. The van der Waals surface area contributed by atoms with E-state index in [1.54, 1.807) is 18.3 Å². The van der Waals surface area contributed by atoms with Crippen LogP contribution < -0.4 is 20.7 Å². The third-order valence-electron chi connectivity index (χ3n) is 10.8. The van der Waals surface area contributed by atoms with E-state index in [-0.39, 0.29) is 36.4 Å². The topological polar surface area (TPSA) is 127 Å². The van der Waals surface area contributed by atoms with Crippen LogP contribution in [0.25, 0.3) is 5.65 Å². The molecule has 2 aromatic heterocycles. The SMILES string of the molecule is CNC12C3C4C1C1C2C3C41CNC(=O)c1cc(C(=O)NCc2ccc3c(c2)CC(=O)O3)nc2ccnn12. The van der Waals surface area contributed by atoms with Gasteiger partial charge in [0.05, 0.1) is 12.6 Å². The van der Waals surface area contributed by atoms with Crippen molar-refractivity contribution in [2.75, 3.05) is 13.6 Å². The number of hydrogen-bond donors (Lipinski definition) is 3. The van der Waals surface area contributed by atoms with Crippen LogP contribution >= 0.6 is 0 Å². The number of benzene rings is 1. The number of hydrogen-bond acceptors (Lipinski definition) is 7. The molecule has 0 spiro atoms. The van der Waals surface area contributed by atoms with Crippen LogP contribution in [0.1, 0.15) is 32.1 Å². The molecule has 1 aromatic carbocycles. The molecule has 186 valence electrons. The summed E-state index contributed by atoms with van der Waals surface area (Å²) in [6.07, 6.45) is 1.81. The zero-order chi connectivity index (χ0) is 24.8. The number of nitrogens with one attached hydrogen (secondary N) is 3. The van der Waals surface area contributed by atoms with E-state index in [9.17, 15) is 14.4 Å². The predicted octanol–water partition coefficient (Wildman–Crippen LogP) is 0.560. The minimum atomic E-state index is -0.385. The molecule has 3 heterocycles. The Morgan fingerprint density at radius 2 is 1.84 bits per heavy atom. The van der Waals surface area contributed by atoms with Crippen molar-refractivity contribution in [3.05, 3.63) is 59.0 Å². The van der Waals surface area contributed by atoms with Gasteiger partial charge in [-0.05, 0) is 65.7 Å². The lowest BCUT2D eigenvalue weighted by Crippen LogP contribution is -3.15. The normalized spacial score (nSPS) is 37.7. The number of fused-ring (bicyclic) bond motifs is 2. The first-order chi connectivity index (χ1) is 18.0. The lowest BCUT2D eigenvalue weighted by Gasteiger charge is -3.11.